The lowest BCUT2D eigenvalue weighted by Gasteiger charge is -2.16. The van der Waals surface area contributed by atoms with Crippen LogP contribution in [0, 0.1) is 0 Å². The van der Waals surface area contributed by atoms with E-state index in [1.165, 1.54) is 11.6 Å². The highest BCUT2D eigenvalue weighted by Gasteiger charge is 2.17. The van der Waals surface area contributed by atoms with Crippen molar-refractivity contribution in [3.8, 4) is 17.2 Å². The van der Waals surface area contributed by atoms with Crippen molar-refractivity contribution in [3.05, 3.63) is 83.7 Å². The molecule has 2 aromatic heterocycles. The van der Waals surface area contributed by atoms with Gasteiger partial charge < -0.3 is 24.3 Å². The third-order valence-corrected chi connectivity index (χ3v) is 5.83. The highest BCUT2D eigenvalue weighted by Crippen LogP contribution is 2.41. The molecular formula is C29H31N3O5. The summed E-state index contributed by atoms with van der Waals surface area (Å²) in [5.74, 6) is 2.03. The number of fused-ring (bicyclic) bond motifs is 1. The number of hydrogen-bond acceptors (Lipinski definition) is 7. The number of methoxy groups -OCH3 is 3. The van der Waals surface area contributed by atoms with E-state index in [0.717, 1.165) is 41.3 Å². The van der Waals surface area contributed by atoms with Crippen LogP contribution in [0.2, 0.25) is 0 Å². The molecular weight excluding hydrogens is 470 g/mol. The Balaban J connectivity index is 1.75. The second-order valence-corrected chi connectivity index (χ2v) is 8.21. The third kappa shape index (κ3) is 6.03. The van der Waals surface area contributed by atoms with Gasteiger partial charge in [0.1, 0.15) is 11.5 Å². The molecule has 192 valence electrons. The maximum Gasteiger partial charge on any atom is 0.330 e. The summed E-state index contributed by atoms with van der Waals surface area (Å²) < 4.78 is 23.5. The first-order valence-electron chi connectivity index (χ1n) is 12.0. The summed E-state index contributed by atoms with van der Waals surface area (Å²) in [6.45, 7) is 2.11. The van der Waals surface area contributed by atoms with Gasteiger partial charge in [-0.25, -0.2) is 9.78 Å². The molecule has 0 saturated carbocycles. The van der Waals surface area contributed by atoms with Gasteiger partial charge in [0.2, 0.25) is 5.75 Å². The number of esters is 1. The number of anilines is 2. The number of benzene rings is 2. The van der Waals surface area contributed by atoms with Gasteiger partial charge in [-0.2, -0.15) is 0 Å². The van der Waals surface area contributed by atoms with E-state index in [2.05, 4.69) is 17.4 Å². The van der Waals surface area contributed by atoms with Gasteiger partial charge in [0, 0.05) is 30.1 Å². The Kier molecular flexibility index (Phi) is 8.30. The van der Waals surface area contributed by atoms with Gasteiger partial charge in [0.25, 0.3) is 0 Å². The fourth-order valence-corrected chi connectivity index (χ4v) is 4.07. The van der Waals surface area contributed by atoms with Crippen molar-refractivity contribution in [2.24, 2.45) is 0 Å². The summed E-state index contributed by atoms with van der Waals surface area (Å²) in [7, 11) is 4.75. The fourth-order valence-electron chi connectivity index (χ4n) is 4.07. The molecule has 0 fully saturated rings. The van der Waals surface area contributed by atoms with Gasteiger partial charge in [0.05, 0.1) is 33.6 Å². The first-order valence-corrected chi connectivity index (χ1v) is 12.0. The Hall–Kier alpha value is -4.46. The monoisotopic (exact) mass is 501 g/mol. The quantitative estimate of drug-likeness (QED) is 0.216. The standard InChI is InChI=1S/C29H31N3O5/c1-5-37-27(33)16-13-21-12-15-26-31-23(14-11-20-9-7-6-8-10-20)29(32(26)19-21)30-22-17-24(34-2)28(36-4)25(18-22)35-3/h6-10,12-13,15-19,30H,5,11,14H2,1-4H3. The Morgan fingerprint density at radius 2 is 1.70 bits per heavy atom. The van der Waals surface area contributed by atoms with Gasteiger partial charge in [0.15, 0.2) is 11.5 Å². The molecule has 0 aliphatic heterocycles. The van der Waals surface area contributed by atoms with Crippen molar-refractivity contribution < 1.29 is 23.7 Å². The SMILES string of the molecule is CCOC(=O)C=Cc1ccc2nc(CCc3ccccc3)c(Nc3cc(OC)c(OC)c(OC)c3)n2c1. The number of hydrogen-bond donors (Lipinski definition) is 1. The molecule has 0 amide bonds. The van der Waals surface area contributed by atoms with Crippen LogP contribution in [-0.2, 0) is 22.4 Å². The number of carbonyl (C=O) groups excluding carboxylic acids is 1. The molecule has 1 N–H and O–H groups in total. The summed E-state index contributed by atoms with van der Waals surface area (Å²) in [6, 6.07) is 17.9. The van der Waals surface area contributed by atoms with Crippen LogP contribution in [0.1, 0.15) is 23.7 Å². The number of rotatable bonds is 11. The Morgan fingerprint density at radius 1 is 0.973 bits per heavy atom. The lowest BCUT2D eigenvalue weighted by molar-refractivity contribution is -0.137. The second-order valence-electron chi connectivity index (χ2n) is 8.21. The zero-order valence-electron chi connectivity index (χ0n) is 21.5. The molecule has 0 aliphatic carbocycles. The van der Waals surface area contributed by atoms with Crippen LogP contribution in [0.15, 0.2) is 66.9 Å². The Labute approximate surface area is 216 Å². The predicted octanol–water partition coefficient (Wildman–Crippen LogP) is 5.47. The van der Waals surface area contributed by atoms with Crippen LogP contribution < -0.4 is 19.5 Å². The number of pyridine rings is 1. The van der Waals surface area contributed by atoms with E-state index < -0.39 is 0 Å². The maximum atomic E-state index is 11.8. The van der Waals surface area contributed by atoms with E-state index in [4.69, 9.17) is 23.9 Å². The number of aromatic nitrogens is 2. The second kappa shape index (κ2) is 12.0. The predicted molar refractivity (Wildman–Crippen MR) is 144 cm³/mol. The van der Waals surface area contributed by atoms with Crippen LogP contribution in [0.5, 0.6) is 17.2 Å². The molecule has 4 rings (SSSR count). The van der Waals surface area contributed by atoms with Crippen LogP contribution in [-0.4, -0.2) is 43.3 Å². The number of nitrogens with zero attached hydrogens (tertiary/aromatic N) is 2. The molecule has 37 heavy (non-hydrogen) atoms. The van der Waals surface area contributed by atoms with Crippen LogP contribution in [0.3, 0.4) is 0 Å². The zero-order chi connectivity index (χ0) is 26.2. The van der Waals surface area contributed by atoms with Crippen LogP contribution in [0.4, 0.5) is 11.5 Å². The van der Waals surface area contributed by atoms with Gasteiger partial charge >= 0.3 is 5.97 Å². The number of ether oxygens (including phenoxy) is 4. The van der Waals surface area contributed by atoms with Gasteiger partial charge in [-0.1, -0.05) is 30.3 Å². The first-order chi connectivity index (χ1) is 18.1. The fraction of sp³-hybridized carbons (Fsp3) is 0.241. The minimum absolute atomic E-state index is 0.331. The summed E-state index contributed by atoms with van der Waals surface area (Å²) in [5.41, 5.74) is 4.51. The molecule has 0 spiro atoms. The van der Waals surface area contributed by atoms with Gasteiger partial charge in [-0.3, -0.25) is 4.40 Å². The van der Waals surface area contributed by atoms with Gasteiger partial charge in [-0.05, 0) is 49.1 Å². The number of nitrogens with one attached hydrogen (secondary N) is 1. The molecule has 4 aromatic rings. The smallest absolute Gasteiger partial charge is 0.330 e. The van der Waals surface area contributed by atoms with Crippen molar-refractivity contribution in [2.75, 3.05) is 33.3 Å². The normalized spacial score (nSPS) is 11.0. The van der Waals surface area contributed by atoms with Crippen LogP contribution >= 0.6 is 0 Å². The number of carbonyl (C=O) groups is 1. The average Bonchev–Trinajstić information content (AvgIpc) is 3.27. The minimum Gasteiger partial charge on any atom is -0.493 e. The molecule has 0 atom stereocenters. The van der Waals surface area contributed by atoms with Gasteiger partial charge in [-0.15, -0.1) is 0 Å². The lowest BCUT2D eigenvalue weighted by Crippen LogP contribution is -2.02. The van der Waals surface area contributed by atoms with E-state index in [9.17, 15) is 4.79 Å². The largest absolute Gasteiger partial charge is 0.493 e. The summed E-state index contributed by atoms with van der Waals surface area (Å²) >= 11 is 0. The molecule has 0 bridgehead atoms. The topological polar surface area (TPSA) is 83.3 Å². The van der Waals surface area contributed by atoms with E-state index >= 15 is 0 Å². The molecule has 8 heteroatoms. The summed E-state index contributed by atoms with van der Waals surface area (Å²) in [6.07, 6.45) is 6.65. The molecule has 8 nitrogen and oxygen atoms in total. The van der Waals surface area contributed by atoms with Crippen molar-refractivity contribution in [3.63, 3.8) is 0 Å². The number of imidazole rings is 1. The first kappa shape index (κ1) is 25.6. The average molecular weight is 502 g/mol. The van der Waals surface area contributed by atoms with E-state index in [0.29, 0.717) is 23.9 Å². The minimum atomic E-state index is -0.382. The maximum absolute atomic E-state index is 11.8. The molecule has 0 unspecified atom stereocenters. The van der Waals surface area contributed by atoms with Crippen molar-refractivity contribution in [1.29, 1.82) is 0 Å². The van der Waals surface area contributed by atoms with E-state index in [1.807, 2.05) is 53.1 Å². The molecule has 0 saturated heterocycles. The van der Waals surface area contributed by atoms with Crippen LogP contribution in [0.25, 0.3) is 11.7 Å². The van der Waals surface area contributed by atoms with E-state index in [1.54, 1.807) is 34.3 Å². The highest BCUT2D eigenvalue weighted by atomic mass is 16.5. The van der Waals surface area contributed by atoms with Crippen molar-refractivity contribution >= 4 is 29.2 Å². The molecule has 0 radical (unpaired) electrons. The highest BCUT2D eigenvalue weighted by molar-refractivity contribution is 5.87. The lowest BCUT2D eigenvalue weighted by atomic mass is 10.1. The number of aryl methyl sites for hydroxylation is 2. The van der Waals surface area contributed by atoms with Crippen molar-refractivity contribution in [2.45, 2.75) is 19.8 Å². The van der Waals surface area contributed by atoms with Crippen molar-refractivity contribution in [1.82, 2.24) is 9.38 Å². The zero-order valence-corrected chi connectivity index (χ0v) is 21.5. The summed E-state index contributed by atoms with van der Waals surface area (Å²) in [4.78, 5) is 16.7. The third-order valence-electron chi connectivity index (χ3n) is 5.83. The van der Waals surface area contributed by atoms with E-state index in [-0.39, 0.29) is 5.97 Å². The Bertz CT molecular complexity index is 1370. The molecule has 2 aromatic carbocycles. The molecule has 2 heterocycles. The molecule has 0 aliphatic rings. The summed E-state index contributed by atoms with van der Waals surface area (Å²) in [5, 5.41) is 3.51. The Morgan fingerprint density at radius 3 is 2.35 bits per heavy atom.